The van der Waals surface area contributed by atoms with Crippen LogP contribution < -0.4 is 5.73 Å². The van der Waals surface area contributed by atoms with E-state index in [-0.39, 0.29) is 19.4 Å². The minimum absolute atomic E-state index is 0.162. The molecule has 0 bridgehead atoms. The first kappa shape index (κ1) is 58.0. The smallest absolute Gasteiger partial charge is 0.472 e. The van der Waals surface area contributed by atoms with Crippen LogP contribution in [0.4, 0.5) is 0 Å². The second-order valence-corrected chi connectivity index (χ2v) is 18.0. The van der Waals surface area contributed by atoms with Crippen LogP contribution in [0.2, 0.25) is 0 Å². The average Bonchev–Trinajstić information content (AvgIpc) is 3.22. The number of carbonyl (C=O) groups is 3. The van der Waals surface area contributed by atoms with Crippen molar-refractivity contribution in [2.24, 2.45) is 5.73 Å². The molecule has 0 aromatic carbocycles. The third-order valence-corrected chi connectivity index (χ3v) is 11.6. The molecule has 0 saturated heterocycles. The Morgan fingerprint density at radius 3 is 1.23 bits per heavy atom. The Hall–Kier alpha value is -2.04. The summed E-state index contributed by atoms with van der Waals surface area (Å²) in [6.45, 7) is 2.81. The van der Waals surface area contributed by atoms with E-state index in [9.17, 15) is 23.8 Å². The van der Waals surface area contributed by atoms with Crippen molar-refractivity contribution in [1.82, 2.24) is 0 Å². The third-order valence-electron chi connectivity index (χ3n) is 10.7. The number of phosphoric acid groups is 1. The second kappa shape index (κ2) is 43.6. The van der Waals surface area contributed by atoms with Crippen LogP contribution in [0.15, 0.2) is 24.3 Å². The standard InChI is InChI=1S/C48H90NO10P/c1-3-5-7-9-11-13-15-17-19-20-21-22-23-24-26-28-30-32-34-36-38-40-47(51)59-44(42-57-60(54,55)58-43-45(49)48(52)53)41-56-46(50)39-37-35-33-31-29-27-25-18-16-14-12-10-8-6-4-2/h14,16-17,19,44-45H,3-13,15,18,20-43,49H2,1-2H3,(H,52,53)(H,54,55)/b16-14+,19-17+/t44-,45-/m0/s1. The van der Waals surface area contributed by atoms with Crippen LogP contribution in [0.1, 0.15) is 232 Å². The highest BCUT2D eigenvalue weighted by Gasteiger charge is 2.28. The number of phosphoric ester groups is 1. The predicted molar refractivity (Wildman–Crippen MR) is 245 cm³/mol. The highest BCUT2D eigenvalue weighted by atomic mass is 31.2. The number of carboxylic acids is 1. The maximum atomic E-state index is 12.7. The maximum Gasteiger partial charge on any atom is 0.472 e. The van der Waals surface area contributed by atoms with E-state index in [0.717, 1.165) is 44.9 Å². The van der Waals surface area contributed by atoms with E-state index in [1.165, 1.54) is 148 Å². The summed E-state index contributed by atoms with van der Waals surface area (Å²) in [5.74, 6) is -2.37. The second-order valence-electron chi connectivity index (χ2n) is 16.6. The van der Waals surface area contributed by atoms with E-state index in [1.54, 1.807) is 0 Å². The molecule has 0 spiro atoms. The normalized spacial score (nSPS) is 13.8. The molecule has 1 unspecified atom stereocenters. The molecule has 0 aliphatic carbocycles. The summed E-state index contributed by atoms with van der Waals surface area (Å²) in [4.78, 5) is 46.1. The van der Waals surface area contributed by atoms with E-state index < -0.39 is 51.1 Å². The molecular formula is C48H90NO10P. The minimum Gasteiger partial charge on any atom is -0.480 e. The number of carbonyl (C=O) groups excluding carboxylic acids is 2. The van der Waals surface area contributed by atoms with Crippen LogP contribution in [0.25, 0.3) is 0 Å². The number of ether oxygens (including phenoxy) is 2. The average molecular weight is 872 g/mol. The first-order chi connectivity index (χ1) is 29.1. The van der Waals surface area contributed by atoms with Gasteiger partial charge in [-0.3, -0.25) is 23.4 Å². The first-order valence-corrected chi connectivity index (χ1v) is 25.9. The van der Waals surface area contributed by atoms with E-state index in [1.807, 2.05) is 0 Å². The number of unbranched alkanes of at least 4 members (excludes halogenated alkanes) is 28. The van der Waals surface area contributed by atoms with Gasteiger partial charge in [0.15, 0.2) is 6.10 Å². The summed E-state index contributed by atoms with van der Waals surface area (Å²) in [5, 5.41) is 8.91. The first-order valence-electron chi connectivity index (χ1n) is 24.4. The molecular weight excluding hydrogens is 781 g/mol. The van der Waals surface area contributed by atoms with E-state index in [0.29, 0.717) is 12.8 Å². The van der Waals surface area contributed by atoms with Crippen molar-refractivity contribution < 1.29 is 47.5 Å². The van der Waals surface area contributed by atoms with Crippen LogP contribution in [0, 0.1) is 0 Å². The van der Waals surface area contributed by atoms with Crippen molar-refractivity contribution >= 4 is 25.7 Å². The zero-order chi connectivity index (χ0) is 44.2. The Kier molecular flexibility index (Phi) is 42.1. The van der Waals surface area contributed by atoms with Crippen LogP contribution in [-0.2, 0) is 37.5 Å². The van der Waals surface area contributed by atoms with E-state index in [4.69, 9.17) is 24.8 Å². The summed E-state index contributed by atoms with van der Waals surface area (Å²) < 4.78 is 32.8. The summed E-state index contributed by atoms with van der Waals surface area (Å²) in [6.07, 6.45) is 46.6. The van der Waals surface area contributed by atoms with Gasteiger partial charge in [-0.15, -0.1) is 0 Å². The third kappa shape index (κ3) is 42.6. The molecule has 4 N–H and O–H groups in total. The maximum absolute atomic E-state index is 12.7. The SMILES string of the molecule is CCCCCC/C=C/CCCCCCCCCC(=O)OC[C@@H](COP(=O)(O)OC[C@H](N)C(=O)O)OC(=O)CCCCCCCCCCCCC/C=C/CCCCCCCC. The monoisotopic (exact) mass is 872 g/mol. The molecule has 0 fully saturated rings. The lowest BCUT2D eigenvalue weighted by Crippen LogP contribution is -2.34. The largest absolute Gasteiger partial charge is 0.480 e. The minimum atomic E-state index is -4.72. The molecule has 352 valence electrons. The summed E-state index contributed by atoms with van der Waals surface area (Å²) in [5.41, 5.74) is 5.34. The Bertz CT molecular complexity index is 1120. The lowest BCUT2D eigenvalue weighted by atomic mass is 10.0. The van der Waals surface area contributed by atoms with Crippen molar-refractivity contribution in [3.8, 4) is 0 Å². The van der Waals surface area contributed by atoms with Gasteiger partial charge in [-0.25, -0.2) is 4.57 Å². The van der Waals surface area contributed by atoms with Gasteiger partial charge in [0.05, 0.1) is 13.2 Å². The molecule has 0 saturated carbocycles. The van der Waals surface area contributed by atoms with Gasteiger partial charge in [0, 0.05) is 12.8 Å². The van der Waals surface area contributed by atoms with Gasteiger partial charge in [0.25, 0.3) is 0 Å². The van der Waals surface area contributed by atoms with Crippen LogP contribution >= 0.6 is 7.82 Å². The van der Waals surface area contributed by atoms with Crippen molar-refractivity contribution in [2.45, 2.75) is 244 Å². The highest BCUT2D eigenvalue weighted by molar-refractivity contribution is 7.47. The molecule has 0 radical (unpaired) electrons. The molecule has 60 heavy (non-hydrogen) atoms. The summed E-state index contributed by atoms with van der Waals surface area (Å²) >= 11 is 0. The van der Waals surface area contributed by atoms with E-state index in [2.05, 4.69) is 42.7 Å². The van der Waals surface area contributed by atoms with Crippen molar-refractivity contribution in [2.75, 3.05) is 19.8 Å². The zero-order valence-electron chi connectivity index (χ0n) is 38.3. The number of aliphatic carboxylic acids is 1. The van der Waals surface area contributed by atoms with Crippen molar-refractivity contribution in [1.29, 1.82) is 0 Å². The molecule has 0 aromatic heterocycles. The number of allylic oxidation sites excluding steroid dienone is 4. The van der Waals surface area contributed by atoms with Gasteiger partial charge in [0.1, 0.15) is 12.6 Å². The molecule has 0 heterocycles. The fraction of sp³-hybridized carbons (Fsp3) is 0.854. The zero-order valence-corrected chi connectivity index (χ0v) is 39.2. The number of nitrogens with two attached hydrogens (primary N) is 1. The molecule has 11 nitrogen and oxygen atoms in total. The van der Waals surface area contributed by atoms with Crippen LogP contribution in [-0.4, -0.2) is 59.9 Å². The Labute approximate surface area is 366 Å². The molecule has 0 aliphatic heterocycles. The van der Waals surface area contributed by atoms with Crippen LogP contribution in [0.5, 0.6) is 0 Å². The fourth-order valence-corrected chi connectivity index (χ4v) is 7.60. The lowest BCUT2D eigenvalue weighted by molar-refractivity contribution is -0.161. The topological polar surface area (TPSA) is 172 Å². The highest BCUT2D eigenvalue weighted by Crippen LogP contribution is 2.43. The number of esters is 2. The van der Waals surface area contributed by atoms with Crippen molar-refractivity contribution in [3.63, 3.8) is 0 Å². The summed E-state index contributed by atoms with van der Waals surface area (Å²) in [7, 11) is -4.72. The Morgan fingerprint density at radius 1 is 0.500 bits per heavy atom. The fourth-order valence-electron chi connectivity index (χ4n) is 6.82. The summed E-state index contributed by atoms with van der Waals surface area (Å²) in [6, 6.07) is -1.52. The number of rotatable bonds is 46. The lowest BCUT2D eigenvalue weighted by Gasteiger charge is -2.20. The van der Waals surface area contributed by atoms with Gasteiger partial charge < -0.3 is 25.2 Å². The van der Waals surface area contributed by atoms with Gasteiger partial charge in [-0.2, -0.15) is 0 Å². The quantitative estimate of drug-likeness (QED) is 0.0230. The molecule has 0 aliphatic rings. The van der Waals surface area contributed by atoms with Gasteiger partial charge in [-0.1, -0.05) is 179 Å². The number of carboxylic acid groups (broad SMARTS) is 1. The Balaban J connectivity index is 4.25. The van der Waals surface area contributed by atoms with Gasteiger partial charge in [-0.05, 0) is 64.2 Å². The molecule has 12 heteroatoms. The molecule has 3 atom stereocenters. The van der Waals surface area contributed by atoms with Gasteiger partial charge >= 0.3 is 25.7 Å². The molecule has 0 rings (SSSR count). The van der Waals surface area contributed by atoms with Crippen molar-refractivity contribution in [3.05, 3.63) is 24.3 Å². The predicted octanol–water partition coefficient (Wildman–Crippen LogP) is 13.4. The van der Waals surface area contributed by atoms with Crippen LogP contribution in [0.3, 0.4) is 0 Å². The van der Waals surface area contributed by atoms with Gasteiger partial charge in [0.2, 0.25) is 0 Å². The Morgan fingerprint density at radius 2 is 0.833 bits per heavy atom. The van der Waals surface area contributed by atoms with E-state index >= 15 is 0 Å². The molecule has 0 amide bonds. The molecule has 0 aromatic rings. The number of hydrogen-bond donors (Lipinski definition) is 3. The number of hydrogen-bond acceptors (Lipinski definition) is 9.